The number of halogens is 1. The van der Waals surface area contributed by atoms with Crippen LogP contribution in [0, 0.1) is 12.8 Å². The summed E-state index contributed by atoms with van der Waals surface area (Å²) in [5.41, 5.74) is 6.11. The van der Waals surface area contributed by atoms with Crippen molar-refractivity contribution in [2.45, 2.75) is 32.4 Å². The highest BCUT2D eigenvalue weighted by atomic mass is 35.5. The third-order valence-electron chi connectivity index (χ3n) is 6.23. The average molecular weight is 415 g/mol. The van der Waals surface area contributed by atoms with Crippen LogP contribution in [0.1, 0.15) is 34.7 Å². The maximum absolute atomic E-state index is 11.1. The van der Waals surface area contributed by atoms with Crippen molar-refractivity contribution < 1.29 is 15.0 Å². The van der Waals surface area contributed by atoms with E-state index in [0.717, 1.165) is 35.7 Å². The molecule has 2 aromatic rings. The first-order valence-electron chi connectivity index (χ1n) is 10.2. The predicted molar refractivity (Wildman–Crippen MR) is 115 cm³/mol. The second-order valence-electron chi connectivity index (χ2n) is 8.12. The van der Waals surface area contributed by atoms with Crippen LogP contribution in [0.4, 0.5) is 5.69 Å². The van der Waals surface area contributed by atoms with E-state index in [9.17, 15) is 9.90 Å². The number of fused-ring (bicyclic) bond motifs is 1. The Hall–Kier alpha value is -2.08. The number of likely N-dealkylation sites (tertiary alicyclic amines) is 1. The van der Waals surface area contributed by atoms with Gasteiger partial charge in [0.25, 0.3) is 0 Å². The lowest BCUT2D eigenvalue weighted by Crippen LogP contribution is -2.49. The summed E-state index contributed by atoms with van der Waals surface area (Å²) in [5.74, 6) is -0.926. The van der Waals surface area contributed by atoms with Gasteiger partial charge in [-0.3, -0.25) is 9.69 Å². The van der Waals surface area contributed by atoms with Gasteiger partial charge in [0.15, 0.2) is 0 Å². The van der Waals surface area contributed by atoms with Crippen LogP contribution in [-0.4, -0.2) is 47.3 Å². The third-order valence-corrected chi connectivity index (χ3v) is 6.65. The van der Waals surface area contributed by atoms with Gasteiger partial charge in [-0.05, 0) is 60.2 Å². The molecule has 1 atom stereocenters. The zero-order valence-corrected chi connectivity index (χ0v) is 17.4. The number of carboxylic acid groups (broad SMARTS) is 1. The Bertz CT molecular complexity index is 911. The van der Waals surface area contributed by atoms with Gasteiger partial charge in [0.1, 0.15) is 0 Å². The van der Waals surface area contributed by atoms with Gasteiger partial charge in [-0.15, -0.1) is 0 Å². The van der Waals surface area contributed by atoms with Crippen LogP contribution in [0.15, 0.2) is 36.4 Å². The van der Waals surface area contributed by atoms with Gasteiger partial charge in [0.2, 0.25) is 0 Å². The van der Waals surface area contributed by atoms with E-state index in [2.05, 4.69) is 34.1 Å². The molecule has 0 spiro atoms. The van der Waals surface area contributed by atoms with Crippen molar-refractivity contribution in [3.63, 3.8) is 0 Å². The summed E-state index contributed by atoms with van der Waals surface area (Å²) in [6.45, 7) is 4.73. The smallest absolute Gasteiger partial charge is 0.309 e. The van der Waals surface area contributed by atoms with Crippen LogP contribution in [0.5, 0.6) is 0 Å². The van der Waals surface area contributed by atoms with Crippen LogP contribution < -0.4 is 4.90 Å². The summed E-state index contributed by atoms with van der Waals surface area (Å²) >= 11 is 6.21. The molecule has 1 fully saturated rings. The lowest BCUT2D eigenvalue weighted by molar-refractivity contribution is -0.147. The number of benzene rings is 2. The van der Waals surface area contributed by atoms with Crippen molar-refractivity contribution >= 4 is 23.3 Å². The topological polar surface area (TPSA) is 64.0 Å². The van der Waals surface area contributed by atoms with E-state index >= 15 is 0 Å². The van der Waals surface area contributed by atoms with Crippen molar-refractivity contribution in [3.05, 3.63) is 63.7 Å². The molecule has 0 radical (unpaired) electrons. The molecule has 0 saturated carbocycles. The predicted octanol–water partition coefficient (Wildman–Crippen LogP) is 3.65. The van der Waals surface area contributed by atoms with Crippen molar-refractivity contribution in [1.29, 1.82) is 0 Å². The highest BCUT2D eigenvalue weighted by Crippen LogP contribution is 2.40. The fourth-order valence-corrected chi connectivity index (χ4v) is 4.77. The molecule has 1 aliphatic heterocycles. The van der Waals surface area contributed by atoms with Gasteiger partial charge in [0, 0.05) is 36.9 Å². The van der Waals surface area contributed by atoms with Crippen LogP contribution in [-0.2, 0) is 17.8 Å². The first-order valence-corrected chi connectivity index (χ1v) is 10.5. The minimum absolute atomic E-state index is 0.0948. The standard InChI is InChI=1S/C23H27ClN2O3/c1-15-11-18(5-7-21(15)24)26(9-10-27)22-8-6-19-16(3-2-4-20(19)22)12-25-13-17(14-25)23(28)29/h2-5,7,11,17,22,27H,6,8-10,12-14H2,1H3,(H,28,29). The second kappa shape index (κ2) is 8.34. The van der Waals surface area contributed by atoms with E-state index < -0.39 is 5.97 Å². The van der Waals surface area contributed by atoms with Crippen molar-refractivity contribution in [3.8, 4) is 0 Å². The highest BCUT2D eigenvalue weighted by Gasteiger charge is 2.34. The van der Waals surface area contributed by atoms with E-state index in [1.807, 2.05) is 19.1 Å². The monoisotopic (exact) mass is 414 g/mol. The van der Waals surface area contributed by atoms with E-state index in [4.69, 9.17) is 16.7 Å². The second-order valence-corrected chi connectivity index (χ2v) is 8.53. The van der Waals surface area contributed by atoms with Crippen LogP contribution in [0.2, 0.25) is 5.02 Å². The molecule has 0 bridgehead atoms. The van der Waals surface area contributed by atoms with Crippen LogP contribution in [0.25, 0.3) is 0 Å². The first kappa shape index (κ1) is 20.2. The van der Waals surface area contributed by atoms with E-state index in [1.54, 1.807) is 0 Å². The number of anilines is 1. The molecule has 2 aliphatic rings. The molecule has 1 unspecified atom stereocenters. The lowest BCUT2D eigenvalue weighted by Gasteiger charge is -2.37. The number of carboxylic acids is 1. The number of aliphatic carboxylic acids is 1. The van der Waals surface area contributed by atoms with Crippen molar-refractivity contribution in [2.24, 2.45) is 5.92 Å². The van der Waals surface area contributed by atoms with E-state index in [-0.39, 0.29) is 18.6 Å². The number of aliphatic hydroxyl groups is 1. The van der Waals surface area contributed by atoms with Gasteiger partial charge < -0.3 is 15.1 Å². The van der Waals surface area contributed by atoms with E-state index in [0.29, 0.717) is 19.6 Å². The Morgan fingerprint density at radius 3 is 2.76 bits per heavy atom. The SMILES string of the molecule is Cc1cc(N(CCO)C2CCc3c(CN4CC(C(=O)O)C4)cccc32)ccc1Cl. The maximum Gasteiger partial charge on any atom is 0.309 e. The Balaban J connectivity index is 1.57. The molecule has 2 aromatic carbocycles. The Morgan fingerprint density at radius 1 is 1.28 bits per heavy atom. The maximum atomic E-state index is 11.1. The Morgan fingerprint density at radius 2 is 2.07 bits per heavy atom. The molecule has 2 N–H and O–H groups in total. The zero-order chi connectivity index (χ0) is 20.5. The molecule has 29 heavy (non-hydrogen) atoms. The first-order chi connectivity index (χ1) is 14.0. The number of aryl methyl sites for hydroxylation is 1. The van der Waals surface area contributed by atoms with Crippen molar-refractivity contribution in [2.75, 3.05) is 31.1 Å². The highest BCUT2D eigenvalue weighted by molar-refractivity contribution is 6.31. The summed E-state index contributed by atoms with van der Waals surface area (Å²) in [6.07, 6.45) is 2.01. The molecule has 5 nitrogen and oxygen atoms in total. The lowest BCUT2D eigenvalue weighted by atomic mass is 9.96. The van der Waals surface area contributed by atoms with E-state index in [1.165, 1.54) is 16.7 Å². The number of carbonyl (C=O) groups is 1. The molecule has 154 valence electrons. The van der Waals surface area contributed by atoms with Gasteiger partial charge in [-0.25, -0.2) is 0 Å². The molecule has 0 aromatic heterocycles. The number of hydrogen-bond acceptors (Lipinski definition) is 4. The summed E-state index contributed by atoms with van der Waals surface area (Å²) in [4.78, 5) is 15.6. The van der Waals surface area contributed by atoms with Crippen LogP contribution in [0.3, 0.4) is 0 Å². The summed E-state index contributed by atoms with van der Waals surface area (Å²) in [7, 11) is 0. The molecular weight excluding hydrogens is 388 g/mol. The van der Waals surface area contributed by atoms with Gasteiger partial charge in [0.05, 0.1) is 18.6 Å². The Kier molecular flexibility index (Phi) is 5.81. The van der Waals surface area contributed by atoms with Gasteiger partial charge >= 0.3 is 5.97 Å². The van der Waals surface area contributed by atoms with Gasteiger partial charge in [-0.1, -0.05) is 29.8 Å². The average Bonchev–Trinajstić information content (AvgIpc) is 3.09. The molecule has 1 saturated heterocycles. The normalized spacial score (nSPS) is 19.1. The summed E-state index contributed by atoms with van der Waals surface area (Å²) in [5, 5.41) is 19.5. The number of nitrogens with zero attached hydrogens (tertiary/aromatic N) is 2. The zero-order valence-electron chi connectivity index (χ0n) is 16.6. The third kappa shape index (κ3) is 4.00. The molecule has 6 heteroatoms. The molecule has 1 heterocycles. The van der Waals surface area contributed by atoms with Crippen molar-refractivity contribution in [1.82, 2.24) is 4.90 Å². The summed E-state index contributed by atoms with van der Waals surface area (Å²) in [6, 6.07) is 12.7. The number of aliphatic hydroxyl groups excluding tert-OH is 1. The largest absolute Gasteiger partial charge is 0.481 e. The number of hydrogen-bond donors (Lipinski definition) is 2. The molecule has 1 aliphatic carbocycles. The number of rotatable bonds is 7. The molecular formula is C23H27ClN2O3. The van der Waals surface area contributed by atoms with Gasteiger partial charge in [-0.2, -0.15) is 0 Å². The Labute approximate surface area is 176 Å². The summed E-state index contributed by atoms with van der Waals surface area (Å²) < 4.78 is 0. The van der Waals surface area contributed by atoms with Crippen LogP contribution >= 0.6 is 11.6 Å². The minimum atomic E-state index is -0.697. The fourth-order valence-electron chi connectivity index (χ4n) is 4.66. The quantitative estimate of drug-likeness (QED) is 0.724. The minimum Gasteiger partial charge on any atom is -0.481 e. The molecule has 0 amide bonds. The molecule has 4 rings (SSSR count). The fraction of sp³-hybridized carbons (Fsp3) is 0.435.